The van der Waals surface area contributed by atoms with E-state index in [1.54, 1.807) is 6.92 Å². The van der Waals surface area contributed by atoms with Crippen molar-refractivity contribution in [3.8, 4) is 5.75 Å². The van der Waals surface area contributed by atoms with E-state index >= 15 is 0 Å². The van der Waals surface area contributed by atoms with Gasteiger partial charge in [0.2, 0.25) is 0 Å². The number of carbonyl (C=O) groups excluding carboxylic acids is 1. The lowest BCUT2D eigenvalue weighted by Crippen LogP contribution is -2.41. The fourth-order valence-corrected chi connectivity index (χ4v) is 2.68. The van der Waals surface area contributed by atoms with Gasteiger partial charge >= 0.3 is 12.3 Å². The number of primary amides is 1. The number of carbonyl (C=O) groups is 1. The van der Waals surface area contributed by atoms with Crippen LogP contribution in [0.4, 0.5) is 18.0 Å². The number of hydrogen-bond donors (Lipinski definition) is 1. The molecule has 1 unspecified atom stereocenters. The van der Waals surface area contributed by atoms with E-state index in [1.165, 1.54) is 12.1 Å². The van der Waals surface area contributed by atoms with Gasteiger partial charge in [-0.25, -0.2) is 4.79 Å². The van der Waals surface area contributed by atoms with Crippen molar-refractivity contribution in [2.75, 3.05) is 6.61 Å². The molecule has 2 N–H and O–H groups in total. The number of rotatable bonds is 6. The molecule has 0 spiro atoms. The Hall–Kier alpha value is -1.44. The Morgan fingerprint density at radius 3 is 2.43 bits per heavy atom. The van der Waals surface area contributed by atoms with Gasteiger partial charge in [-0.15, -0.1) is 0 Å². The molecule has 1 aromatic carbocycles. The van der Waals surface area contributed by atoms with E-state index < -0.39 is 23.4 Å². The molecule has 0 saturated carbocycles. The van der Waals surface area contributed by atoms with Gasteiger partial charge in [0.05, 0.1) is 5.56 Å². The van der Waals surface area contributed by atoms with Gasteiger partial charge in [-0.2, -0.15) is 13.2 Å². The molecule has 0 fully saturated rings. The normalized spacial score (nSPS) is 14.4. The van der Waals surface area contributed by atoms with Crippen LogP contribution in [0.1, 0.15) is 32.8 Å². The van der Waals surface area contributed by atoms with Gasteiger partial charge in [-0.05, 0) is 37.5 Å². The van der Waals surface area contributed by atoms with Crippen LogP contribution in [-0.2, 0) is 10.9 Å². The number of amides is 1. The third-order valence-electron chi connectivity index (χ3n) is 2.97. The zero-order valence-electron chi connectivity index (χ0n) is 13.0. The molecular formula is C15H19BrF3NO3. The molecule has 0 aliphatic carbocycles. The van der Waals surface area contributed by atoms with E-state index in [0.717, 1.165) is 6.07 Å². The quantitative estimate of drug-likeness (QED) is 0.753. The minimum Gasteiger partial charge on any atom is -0.489 e. The lowest BCUT2D eigenvalue weighted by Gasteiger charge is -2.30. The van der Waals surface area contributed by atoms with Gasteiger partial charge < -0.3 is 15.2 Å². The number of ether oxygens (including phenoxy) is 2. The number of alkyl halides is 3. The highest BCUT2D eigenvalue weighted by atomic mass is 79.9. The van der Waals surface area contributed by atoms with Crippen molar-refractivity contribution in [3.63, 3.8) is 0 Å². The first-order valence-electron chi connectivity index (χ1n) is 6.91. The molecule has 0 aliphatic rings. The number of benzene rings is 1. The Labute approximate surface area is 141 Å². The topological polar surface area (TPSA) is 61.6 Å². The maximum absolute atomic E-state index is 13.1. The van der Waals surface area contributed by atoms with Crippen LogP contribution in [0, 0.1) is 5.92 Å². The molecule has 0 aromatic heterocycles. The summed E-state index contributed by atoms with van der Waals surface area (Å²) in [5.74, 6) is -0.196. The number of halogens is 4. The number of nitrogens with two attached hydrogens (primary N) is 1. The van der Waals surface area contributed by atoms with Gasteiger partial charge in [0.25, 0.3) is 0 Å². The average Bonchev–Trinajstić information content (AvgIpc) is 2.34. The Kier molecular flexibility index (Phi) is 6.33. The SMILES string of the molecule is CC(C)CC(C)(COc1ccc(Br)cc1C(F)(F)F)OC(N)=O. The molecule has 8 heteroatoms. The predicted octanol–water partition coefficient (Wildman–Crippen LogP) is 4.75. The highest BCUT2D eigenvalue weighted by Crippen LogP contribution is 2.38. The lowest BCUT2D eigenvalue weighted by molar-refractivity contribution is -0.139. The minimum atomic E-state index is -4.56. The van der Waals surface area contributed by atoms with Crippen molar-refractivity contribution in [2.45, 2.75) is 39.0 Å². The standard InChI is InChI=1S/C15H19BrF3NO3/c1-9(2)7-14(3,23-13(20)21)8-22-12-5-4-10(16)6-11(12)15(17,18)19/h4-6,9H,7-8H2,1-3H3,(H2,20,21). The molecule has 0 saturated heterocycles. The predicted molar refractivity (Wildman–Crippen MR) is 83.2 cm³/mol. The van der Waals surface area contributed by atoms with Gasteiger partial charge in [0.15, 0.2) is 0 Å². The summed E-state index contributed by atoms with van der Waals surface area (Å²) in [4.78, 5) is 11.0. The fourth-order valence-electron chi connectivity index (χ4n) is 2.32. The Bertz CT molecular complexity index is 563. The minimum absolute atomic E-state index is 0.134. The van der Waals surface area contributed by atoms with Crippen molar-refractivity contribution in [2.24, 2.45) is 11.7 Å². The number of hydrogen-bond acceptors (Lipinski definition) is 3. The summed E-state index contributed by atoms with van der Waals surface area (Å²) in [6.07, 6.45) is -5.16. The third-order valence-corrected chi connectivity index (χ3v) is 3.46. The van der Waals surface area contributed by atoms with Crippen molar-refractivity contribution >= 4 is 22.0 Å². The van der Waals surface area contributed by atoms with Crippen LogP contribution in [0.2, 0.25) is 0 Å². The molecule has 0 radical (unpaired) electrons. The Balaban J connectivity index is 3.00. The molecule has 1 atom stereocenters. The molecule has 0 bridgehead atoms. The van der Waals surface area contributed by atoms with Crippen LogP contribution in [0.3, 0.4) is 0 Å². The largest absolute Gasteiger partial charge is 0.489 e. The second-order valence-corrected chi connectivity index (χ2v) is 6.81. The van der Waals surface area contributed by atoms with E-state index in [2.05, 4.69) is 15.9 Å². The molecule has 0 aliphatic heterocycles. The van der Waals surface area contributed by atoms with Crippen LogP contribution in [0.25, 0.3) is 0 Å². The van der Waals surface area contributed by atoms with E-state index in [4.69, 9.17) is 15.2 Å². The van der Waals surface area contributed by atoms with Gasteiger partial charge in [0, 0.05) is 4.47 Å². The third kappa shape index (κ3) is 6.29. The van der Waals surface area contributed by atoms with Crippen LogP contribution in [-0.4, -0.2) is 18.3 Å². The zero-order chi connectivity index (χ0) is 17.8. The summed E-state index contributed by atoms with van der Waals surface area (Å²) in [7, 11) is 0. The Morgan fingerprint density at radius 2 is 1.96 bits per heavy atom. The second-order valence-electron chi connectivity index (χ2n) is 5.90. The van der Waals surface area contributed by atoms with E-state index in [1.807, 2.05) is 13.8 Å². The van der Waals surface area contributed by atoms with E-state index in [9.17, 15) is 18.0 Å². The highest BCUT2D eigenvalue weighted by molar-refractivity contribution is 9.10. The smallest absolute Gasteiger partial charge is 0.420 e. The van der Waals surface area contributed by atoms with Crippen LogP contribution < -0.4 is 10.5 Å². The molecule has 1 amide bonds. The van der Waals surface area contributed by atoms with Crippen molar-refractivity contribution in [1.29, 1.82) is 0 Å². The summed E-state index contributed by atoms with van der Waals surface area (Å²) in [6.45, 7) is 5.12. The Morgan fingerprint density at radius 1 is 1.35 bits per heavy atom. The van der Waals surface area contributed by atoms with Crippen molar-refractivity contribution < 1.29 is 27.4 Å². The molecule has 0 heterocycles. The summed E-state index contributed by atoms with van der Waals surface area (Å²) in [5.41, 5.74) is 3.02. The summed E-state index contributed by atoms with van der Waals surface area (Å²) >= 11 is 3.00. The average molecular weight is 398 g/mol. The van der Waals surface area contributed by atoms with E-state index in [0.29, 0.717) is 6.42 Å². The van der Waals surface area contributed by atoms with Crippen LogP contribution in [0.15, 0.2) is 22.7 Å². The highest BCUT2D eigenvalue weighted by Gasteiger charge is 2.36. The maximum Gasteiger partial charge on any atom is 0.420 e. The first-order chi connectivity index (χ1) is 10.4. The second kappa shape index (κ2) is 7.42. The maximum atomic E-state index is 13.1. The first-order valence-corrected chi connectivity index (χ1v) is 7.70. The summed E-state index contributed by atoms with van der Waals surface area (Å²) in [6, 6.07) is 3.59. The summed E-state index contributed by atoms with van der Waals surface area (Å²) < 4.78 is 49.8. The first kappa shape index (κ1) is 19.6. The van der Waals surface area contributed by atoms with Crippen LogP contribution in [0.5, 0.6) is 5.75 Å². The van der Waals surface area contributed by atoms with Crippen LogP contribution >= 0.6 is 15.9 Å². The molecule has 1 rings (SSSR count). The monoisotopic (exact) mass is 397 g/mol. The fraction of sp³-hybridized carbons (Fsp3) is 0.533. The lowest BCUT2D eigenvalue weighted by atomic mass is 9.95. The van der Waals surface area contributed by atoms with E-state index in [-0.39, 0.29) is 22.7 Å². The van der Waals surface area contributed by atoms with Gasteiger partial charge in [-0.3, -0.25) is 0 Å². The molecule has 4 nitrogen and oxygen atoms in total. The molecule has 130 valence electrons. The van der Waals surface area contributed by atoms with Crippen molar-refractivity contribution in [1.82, 2.24) is 0 Å². The summed E-state index contributed by atoms with van der Waals surface area (Å²) in [5, 5.41) is 0. The zero-order valence-corrected chi connectivity index (χ0v) is 14.6. The van der Waals surface area contributed by atoms with Gasteiger partial charge in [-0.1, -0.05) is 29.8 Å². The molecule has 23 heavy (non-hydrogen) atoms. The van der Waals surface area contributed by atoms with Crippen molar-refractivity contribution in [3.05, 3.63) is 28.2 Å². The molecular weight excluding hydrogens is 379 g/mol. The molecule has 1 aromatic rings. The van der Waals surface area contributed by atoms with Gasteiger partial charge in [0.1, 0.15) is 18.0 Å².